The van der Waals surface area contributed by atoms with Crippen LogP contribution in [0, 0.1) is 12.3 Å². The van der Waals surface area contributed by atoms with E-state index in [2.05, 4.69) is 10.7 Å². The molecule has 0 aromatic heterocycles. The Morgan fingerprint density at radius 2 is 2.15 bits per heavy atom. The molecule has 4 unspecified atom stereocenters. The maximum Gasteiger partial charge on any atom is 0.337 e. The van der Waals surface area contributed by atoms with E-state index < -0.39 is 30.4 Å². The summed E-state index contributed by atoms with van der Waals surface area (Å²) in [5.41, 5.74) is 0. The highest BCUT2D eigenvalue weighted by molar-refractivity contribution is 5.76. The van der Waals surface area contributed by atoms with Crippen molar-refractivity contribution >= 4 is 5.97 Å². The zero-order valence-corrected chi connectivity index (χ0v) is 7.01. The second-order valence-corrected chi connectivity index (χ2v) is 2.65. The molecule has 0 aliphatic carbocycles. The summed E-state index contributed by atoms with van der Waals surface area (Å²) in [6.07, 6.45) is 0.272. The van der Waals surface area contributed by atoms with Crippen molar-refractivity contribution in [2.75, 3.05) is 7.11 Å². The molecule has 0 saturated carbocycles. The van der Waals surface area contributed by atoms with Crippen molar-refractivity contribution in [3.05, 3.63) is 0 Å². The van der Waals surface area contributed by atoms with Gasteiger partial charge in [0.05, 0.1) is 7.11 Å². The molecule has 0 spiro atoms. The van der Waals surface area contributed by atoms with Gasteiger partial charge in [-0.1, -0.05) is 5.92 Å². The molecule has 1 saturated heterocycles. The SMILES string of the molecule is C#CC1OC(C(=O)OC)C(O)C1O. The first-order valence-corrected chi connectivity index (χ1v) is 3.67. The summed E-state index contributed by atoms with van der Waals surface area (Å²) >= 11 is 0. The van der Waals surface area contributed by atoms with Crippen LogP contribution in [-0.2, 0) is 14.3 Å². The molecule has 13 heavy (non-hydrogen) atoms. The molecule has 5 heteroatoms. The number of hydrogen-bond acceptors (Lipinski definition) is 5. The minimum atomic E-state index is -1.33. The predicted molar refractivity (Wildman–Crippen MR) is 41.5 cm³/mol. The zero-order valence-electron chi connectivity index (χ0n) is 7.01. The van der Waals surface area contributed by atoms with E-state index in [0.717, 1.165) is 7.11 Å². The van der Waals surface area contributed by atoms with E-state index in [1.54, 1.807) is 0 Å². The Hall–Kier alpha value is -1.09. The maximum atomic E-state index is 10.9. The van der Waals surface area contributed by atoms with E-state index in [0.29, 0.717) is 0 Å². The molecular weight excluding hydrogens is 176 g/mol. The molecule has 0 radical (unpaired) electrons. The summed E-state index contributed by atoms with van der Waals surface area (Å²) in [7, 11) is 1.16. The van der Waals surface area contributed by atoms with Crippen molar-refractivity contribution in [3.63, 3.8) is 0 Å². The van der Waals surface area contributed by atoms with Crippen molar-refractivity contribution in [1.82, 2.24) is 0 Å². The number of carbonyl (C=O) groups is 1. The number of aliphatic hydroxyl groups is 2. The summed E-state index contributed by atoms with van der Waals surface area (Å²) in [5.74, 6) is 1.37. The largest absolute Gasteiger partial charge is 0.467 e. The van der Waals surface area contributed by atoms with Gasteiger partial charge in [0.1, 0.15) is 18.3 Å². The van der Waals surface area contributed by atoms with Gasteiger partial charge in [0.2, 0.25) is 0 Å². The molecule has 1 rings (SSSR count). The lowest BCUT2D eigenvalue weighted by molar-refractivity contribution is -0.156. The van der Waals surface area contributed by atoms with E-state index in [-0.39, 0.29) is 0 Å². The highest BCUT2D eigenvalue weighted by atomic mass is 16.6. The maximum absolute atomic E-state index is 10.9. The van der Waals surface area contributed by atoms with E-state index in [1.165, 1.54) is 0 Å². The predicted octanol–water partition coefficient (Wildman–Crippen LogP) is -1.72. The monoisotopic (exact) mass is 186 g/mol. The topological polar surface area (TPSA) is 76.0 Å². The average Bonchev–Trinajstić information content (AvgIpc) is 2.43. The molecular formula is C8H10O5. The van der Waals surface area contributed by atoms with Crippen molar-refractivity contribution in [2.45, 2.75) is 24.4 Å². The fourth-order valence-corrected chi connectivity index (χ4v) is 1.13. The first kappa shape index (κ1) is 9.99. The van der Waals surface area contributed by atoms with Crippen LogP contribution in [0.1, 0.15) is 0 Å². The molecule has 0 aromatic carbocycles. The van der Waals surface area contributed by atoms with E-state index in [4.69, 9.17) is 11.2 Å². The lowest BCUT2D eigenvalue weighted by Gasteiger charge is -2.10. The molecule has 1 aliphatic heterocycles. The standard InChI is InChI=1S/C8H10O5/c1-3-4-5(9)6(10)7(13-4)8(11)12-2/h1,4-7,9-10H,2H3. The van der Waals surface area contributed by atoms with Gasteiger partial charge in [0.25, 0.3) is 0 Å². The Morgan fingerprint density at radius 1 is 1.54 bits per heavy atom. The third kappa shape index (κ3) is 1.65. The van der Waals surface area contributed by atoms with Gasteiger partial charge in [-0.15, -0.1) is 6.42 Å². The first-order chi connectivity index (χ1) is 6.11. The molecule has 5 nitrogen and oxygen atoms in total. The molecule has 0 amide bonds. The van der Waals surface area contributed by atoms with Crippen LogP contribution >= 0.6 is 0 Å². The fraction of sp³-hybridized carbons (Fsp3) is 0.625. The molecule has 1 aliphatic rings. The van der Waals surface area contributed by atoms with Crippen molar-refractivity contribution in [1.29, 1.82) is 0 Å². The number of hydrogen-bond donors (Lipinski definition) is 2. The number of rotatable bonds is 1. The number of ether oxygens (including phenoxy) is 2. The third-order valence-corrected chi connectivity index (χ3v) is 1.86. The lowest BCUT2D eigenvalue weighted by atomic mass is 10.1. The van der Waals surface area contributed by atoms with Gasteiger partial charge in [0.15, 0.2) is 6.10 Å². The number of methoxy groups -OCH3 is 1. The number of esters is 1. The van der Waals surface area contributed by atoms with Crippen molar-refractivity contribution < 1.29 is 24.5 Å². The van der Waals surface area contributed by atoms with Gasteiger partial charge in [-0.25, -0.2) is 4.79 Å². The van der Waals surface area contributed by atoms with Gasteiger partial charge in [-0.2, -0.15) is 0 Å². The normalized spacial score (nSPS) is 38.3. The van der Waals surface area contributed by atoms with E-state index in [1.807, 2.05) is 0 Å². The molecule has 4 atom stereocenters. The van der Waals surface area contributed by atoms with Crippen molar-refractivity contribution in [3.8, 4) is 12.3 Å². The second kappa shape index (κ2) is 3.75. The summed E-state index contributed by atoms with van der Waals surface area (Å²) in [6.45, 7) is 0. The summed E-state index contributed by atoms with van der Waals surface area (Å²) in [5, 5.41) is 18.5. The number of carbonyl (C=O) groups excluding carboxylic acids is 1. The third-order valence-electron chi connectivity index (χ3n) is 1.86. The Kier molecular flexibility index (Phi) is 2.88. The zero-order chi connectivity index (χ0) is 10.0. The minimum Gasteiger partial charge on any atom is -0.467 e. The van der Waals surface area contributed by atoms with Crippen LogP contribution in [0.15, 0.2) is 0 Å². The summed E-state index contributed by atoms with van der Waals surface area (Å²) in [6, 6.07) is 0. The van der Waals surface area contributed by atoms with Gasteiger partial charge in [-0.3, -0.25) is 0 Å². The quantitative estimate of drug-likeness (QED) is 0.376. The highest BCUT2D eigenvalue weighted by Gasteiger charge is 2.46. The van der Waals surface area contributed by atoms with Gasteiger partial charge in [0, 0.05) is 0 Å². The van der Waals surface area contributed by atoms with E-state index >= 15 is 0 Å². The van der Waals surface area contributed by atoms with E-state index in [9.17, 15) is 15.0 Å². The smallest absolute Gasteiger partial charge is 0.337 e. The number of terminal acetylenes is 1. The average molecular weight is 186 g/mol. The molecule has 0 aromatic rings. The van der Waals surface area contributed by atoms with Gasteiger partial charge in [-0.05, 0) is 0 Å². The Morgan fingerprint density at radius 3 is 2.54 bits per heavy atom. The van der Waals surface area contributed by atoms with Crippen LogP contribution in [0.25, 0.3) is 0 Å². The van der Waals surface area contributed by atoms with Crippen molar-refractivity contribution in [2.24, 2.45) is 0 Å². The molecule has 0 bridgehead atoms. The van der Waals surface area contributed by atoms with Crippen LogP contribution in [0.4, 0.5) is 0 Å². The lowest BCUT2D eigenvalue weighted by Crippen LogP contribution is -2.36. The molecule has 1 heterocycles. The Bertz CT molecular complexity index is 243. The minimum absolute atomic E-state index is 0.746. The first-order valence-electron chi connectivity index (χ1n) is 3.67. The highest BCUT2D eigenvalue weighted by Crippen LogP contribution is 2.21. The molecule has 72 valence electrons. The summed E-state index contributed by atoms with van der Waals surface area (Å²) < 4.78 is 9.22. The fourth-order valence-electron chi connectivity index (χ4n) is 1.13. The molecule has 1 fully saturated rings. The van der Waals surface area contributed by atoms with Crippen LogP contribution < -0.4 is 0 Å². The van der Waals surface area contributed by atoms with Crippen LogP contribution in [0.5, 0.6) is 0 Å². The van der Waals surface area contributed by atoms with Crippen LogP contribution in [0.3, 0.4) is 0 Å². The Balaban J connectivity index is 2.72. The van der Waals surface area contributed by atoms with Gasteiger partial charge >= 0.3 is 5.97 Å². The Labute approximate surface area is 75.3 Å². The number of aliphatic hydroxyl groups excluding tert-OH is 2. The van der Waals surface area contributed by atoms with Crippen LogP contribution in [-0.4, -0.2) is 47.7 Å². The molecule has 2 N–H and O–H groups in total. The summed E-state index contributed by atoms with van der Waals surface area (Å²) in [4.78, 5) is 10.9. The second-order valence-electron chi connectivity index (χ2n) is 2.65. The van der Waals surface area contributed by atoms with Crippen LogP contribution in [0.2, 0.25) is 0 Å². The van der Waals surface area contributed by atoms with Gasteiger partial charge < -0.3 is 19.7 Å².